The number of carbonyl (C=O) groups excluding carboxylic acids is 1. The lowest BCUT2D eigenvalue weighted by Gasteiger charge is -2.06. The number of rotatable bonds is 6. The molecule has 112 valence electrons. The van der Waals surface area contributed by atoms with Gasteiger partial charge in [0.2, 0.25) is 0 Å². The molecule has 21 heavy (non-hydrogen) atoms. The molecule has 1 heterocycles. The summed E-state index contributed by atoms with van der Waals surface area (Å²) in [5.74, 6) is 0.136. The van der Waals surface area contributed by atoms with Gasteiger partial charge in [-0.1, -0.05) is 18.2 Å². The third kappa shape index (κ3) is 3.88. The van der Waals surface area contributed by atoms with Gasteiger partial charge in [0, 0.05) is 6.42 Å². The molecule has 0 fully saturated rings. The zero-order valence-corrected chi connectivity index (χ0v) is 12.2. The molecule has 0 radical (unpaired) electrons. The molecule has 6 heteroatoms. The summed E-state index contributed by atoms with van der Waals surface area (Å²) in [4.78, 5) is 16.0. The lowest BCUT2D eigenvalue weighted by molar-refractivity contribution is 0.0512. The summed E-state index contributed by atoms with van der Waals surface area (Å²) >= 11 is 0. The van der Waals surface area contributed by atoms with Crippen molar-refractivity contribution in [3.05, 3.63) is 42.0 Å². The lowest BCUT2D eigenvalue weighted by atomic mass is 10.2. The van der Waals surface area contributed by atoms with Crippen LogP contribution in [0.15, 0.2) is 30.3 Å². The summed E-state index contributed by atoms with van der Waals surface area (Å²) in [6.45, 7) is 3.73. The highest BCUT2D eigenvalue weighted by Gasteiger charge is 2.18. The predicted octanol–water partition coefficient (Wildman–Crippen LogP) is 1.76. The summed E-state index contributed by atoms with van der Waals surface area (Å²) in [5, 5.41) is 13.7. The molecule has 0 aliphatic carbocycles. The number of benzene rings is 1. The molecule has 0 aliphatic heterocycles. The van der Waals surface area contributed by atoms with E-state index in [0.29, 0.717) is 18.7 Å². The number of hydrogen-bond donors (Lipinski definition) is 1. The van der Waals surface area contributed by atoms with E-state index in [9.17, 15) is 9.90 Å². The summed E-state index contributed by atoms with van der Waals surface area (Å²) < 4.78 is 6.55. The van der Waals surface area contributed by atoms with Crippen molar-refractivity contribution in [2.24, 2.45) is 0 Å². The first-order chi connectivity index (χ1) is 10.1. The third-order valence-electron chi connectivity index (χ3n) is 2.92. The van der Waals surface area contributed by atoms with E-state index in [0.717, 1.165) is 5.69 Å². The minimum Gasteiger partial charge on any atom is -0.460 e. The fraction of sp³-hybridized carbons (Fsp3) is 0.400. The number of hydrogen-bond acceptors (Lipinski definition) is 5. The largest absolute Gasteiger partial charge is 0.460 e. The number of aromatic nitrogens is 3. The summed E-state index contributed by atoms with van der Waals surface area (Å²) in [7, 11) is 0. The first kappa shape index (κ1) is 15.2. The van der Waals surface area contributed by atoms with Gasteiger partial charge in [0.25, 0.3) is 5.82 Å². The maximum Gasteiger partial charge on any atom is 0.378 e. The minimum absolute atomic E-state index is 0.0429. The van der Waals surface area contributed by atoms with Crippen LogP contribution in [-0.2, 0) is 11.2 Å². The van der Waals surface area contributed by atoms with E-state index < -0.39 is 12.1 Å². The molecule has 1 atom stereocenters. The number of aliphatic hydroxyl groups excluding tert-OH is 1. The highest BCUT2D eigenvalue weighted by molar-refractivity contribution is 5.85. The maximum atomic E-state index is 11.8. The van der Waals surface area contributed by atoms with Crippen molar-refractivity contribution in [1.82, 2.24) is 14.8 Å². The molecule has 1 aromatic heterocycles. The molecule has 0 bridgehead atoms. The average molecular weight is 289 g/mol. The zero-order valence-electron chi connectivity index (χ0n) is 12.2. The molecule has 0 spiro atoms. The van der Waals surface area contributed by atoms with Crippen LogP contribution in [0.25, 0.3) is 5.69 Å². The molecule has 1 unspecified atom stereocenters. The van der Waals surface area contributed by atoms with Crippen molar-refractivity contribution in [3.8, 4) is 5.69 Å². The summed E-state index contributed by atoms with van der Waals surface area (Å²) in [6, 6.07) is 9.45. The smallest absolute Gasteiger partial charge is 0.378 e. The van der Waals surface area contributed by atoms with Crippen LogP contribution in [0, 0.1) is 0 Å². The monoisotopic (exact) mass is 289 g/mol. The van der Waals surface area contributed by atoms with Gasteiger partial charge < -0.3 is 9.84 Å². The third-order valence-corrected chi connectivity index (χ3v) is 2.92. The Kier molecular flexibility index (Phi) is 5.05. The lowest BCUT2D eigenvalue weighted by Crippen LogP contribution is -2.08. The van der Waals surface area contributed by atoms with Crippen molar-refractivity contribution in [1.29, 1.82) is 0 Å². The Hall–Kier alpha value is -2.21. The van der Waals surface area contributed by atoms with Crippen LogP contribution in [0.5, 0.6) is 0 Å². The molecule has 1 aromatic carbocycles. The van der Waals surface area contributed by atoms with Crippen LogP contribution < -0.4 is 0 Å². The van der Waals surface area contributed by atoms with Crippen LogP contribution in [0.3, 0.4) is 0 Å². The number of esters is 1. The van der Waals surface area contributed by atoms with E-state index in [-0.39, 0.29) is 12.4 Å². The molecule has 0 amide bonds. The Morgan fingerprint density at radius 2 is 2.10 bits per heavy atom. The van der Waals surface area contributed by atoms with E-state index in [1.165, 1.54) is 0 Å². The SMILES string of the molecule is CCOC(=O)c1nc(CCC(C)O)n(-c2ccccc2)n1. The average Bonchev–Trinajstić information content (AvgIpc) is 2.90. The van der Waals surface area contributed by atoms with Gasteiger partial charge in [0.1, 0.15) is 5.82 Å². The van der Waals surface area contributed by atoms with Crippen molar-refractivity contribution in [2.45, 2.75) is 32.8 Å². The molecule has 2 aromatic rings. The van der Waals surface area contributed by atoms with E-state index in [1.807, 2.05) is 30.3 Å². The number of nitrogens with zero attached hydrogens (tertiary/aromatic N) is 3. The maximum absolute atomic E-state index is 11.8. The Labute approximate surface area is 123 Å². The van der Waals surface area contributed by atoms with Gasteiger partial charge in [0.15, 0.2) is 0 Å². The molecular formula is C15H19N3O3. The standard InChI is InChI=1S/C15H19N3O3/c1-3-21-15(20)14-16-13(10-9-11(2)19)18(17-14)12-7-5-4-6-8-12/h4-8,11,19H,3,9-10H2,1-2H3. The molecular weight excluding hydrogens is 270 g/mol. The Morgan fingerprint density at radius 1 is 1.38 bits per heavy atom. The molecule has 0 aliphatic rings. The number of para-hydroxylation sites is 1. The Morgan fingerprint density at radius 3 is 2.71 bits per heavy atom. The molecule has 2 rings (SSSR count). The first-order valence-electron chi connectivity index (χ1n) is 6.98. The van der Waals surface area contributed by atoms with Crippen molar-refractivity contribution >= 4 is 5.97 Å². The normalized spacial score (nSPS) is 12.1. The van der Waals surface area contributed by atoms with Crippen LogP contribution in [0.2, 0.25) is 0 Å². The van der Waals surface area contributed by atoms with Crippen LogP contribution in [0.1, 0.15) is 36.7 Å². The second-order valence-electron chi connectivity index (χ2n) is 4.71. The molecule has 0 saturated carbocycles. The molecule has 1 N–H and O–H groups in total. The van der Waals surface area contributed by atoms with E-state index in [1.54, 1.807) is 18.5 Å². The topological polar surface area (TPSA) is 77.2 Å². The fourth-order valence-corrected chi connectivity index (χ4v) is 1.90. The van der Waals surface area contributed by atoms with Gasteiger partial charge >= 0.3 is 5.97 Å². The van der Waals surface area contributed by atoms with Gasteiger partial charge in [0.05, 0.1) is 18.4 Å². The van der Waals surface area contributed by atoms with Crippen LogP contribution in [0.4, 0.5) is 0 Å². The molecule has 6 nitrogen and oxygen atoms in total. The fourth-order valence-electron chi connectivity index (χ4n) is 1.90. The van der Waals surface area contributed by atoms with Crippen molar-refractivity contribution in [3.63, 3.8) is 0 Å². The van der Waals surface area contributed by atoms with E-state index >= 15 is 0 Å². The van der Waals surface area contributed by atoms with Crippen molar-refractivity contribution in [2.75, 3.05) is 6.61 Å². The Balaban J connectivity index is 2.34. The molecule has 0 saturated heterocycles. The van der Waals surface area contributed by atoms with Crippen LogP contribution >= 0.6 is 0 Å². The van der Waals surface area contributed by atoms with Crippen LogP contribution in [-0.4, -0.2) is 38.6 Å². The zero-order chi connectivity index (χ0) is 15.2. The summed E-state index contributed by atoms with van der Waals surface area (Å²) in [5.41, 5.74) is 0.821. The van der Waals surface area contributed by atoms with Gasteiger partial charge in [-0.15, -0.1) is 5.10 Å². The van der Waals surface area contributed by atoms with Gasteiger partial charge in [-0.25, -0.2) is 14.5 Å². The van der Waals surface area contributed by atoms with E-state index in [4.69, 9.17) is 4.74 Å². The first-order valence-corrected chi connectivity index (χ1v) is 6.98. The van der Waals surface area contributed by atoms with E-state index in [2.05, 4.69) is 10.1 Å². The number of aliphatic hydroxyl groups is 1. The Bertz CT molecular complexity index is 593. The van der Waals surface area contributed by atoms with Gasteiger partial charge in [-0.2, -0.15) is 0 Å². The second-order valence-corrected chi connectivity index (χ2v) is 4.71. The highest BCUT2D eigenvalue weighted by Crippen LogP contribution is 2.12. The quantitative estimate of drug-likeness (QED) is 0.820. The number of ether oxygens (including phenoxy) is 1. The highest BCUT2D eigenvalue weighted by atomic mass is 16.5. The summed E-state index contributed by atoms with van der Waals surface area (Å²) in [6.07, 6.45) is 0.643. The predicted molar refractivity (Wildman–Crippen MR) is 77.3 cm³/mol. The van der Waals surface area contributed by atoms with Gasteiger partial charge in [-0.05, 0) is 32.4 Å². The van der Waals surface area contributed by atoms with Gasteiger partial charge in [-0.3, -0.25) is 0 Å². The minimum atomic E-state index is -0.537. The van der Waals surface area contributed by atoms with Crippen molar-refractivity contribution < 1.29 is 14.6 Å². The second kappa shape index (κ2) is 6.99. The number of aryl methyl sites for hydroxylation is 1. The number of carbonyl (C=O) groups is 1.